The van der Waals surface area contributed by atoms with Gasteiger partial charge in [0.2, 0.25) is 0 Å². The highest BCUT2D eigenvalue weighted by Gasteiger charge is 2.29. The van der Waals surface area contributed by atoms with Gasteiger partial charge >= 0.3 is 0 Å². The van der Waals surface area contributed by atoms with E-state index in [9.17, 15) is 0 Å². The van der Waals surface area contributed by atoms with Crippen molar-refractivity contribution in [2.24, 2.45) is 4.99 Å². The summed E-state index contributed by atoms with van der Waals surface area (Å²) >= 11 is 0. The number of aliphatic imine (C=N–C) groups is 1. The molecule has 1 aliphatic heterocycles. The van der Waals surface area contributed by atoms with Crippen LogP contribution in [0, 0.1) is 0 Å². The van der Waals surface area contributed by atoms with E-state index in [4.69, 9.17) is 4.99 Å². The number of hydrogen-bond acceptors (Lipinski definition) is 1. The van der Waals surface area contributed by atoms with Gasteiger partial charge in [0, 0.05) is 5.71 Å². The highest BCUT2D eigenvalue weighted by Crippen LogP contribution is 2.35. The van der Waals surface area contributed by atoms with Gasteiger partial charge in [0.25, 0.3) is 0 Å². The third-order valence-corrected chi connectivity index (χ3v) is 2.81. The fourth-order valence-corrected chi connectivity index (χ4v) is 1.96. The van der Waals surface area contributed by atoms with Gasteiger partial charge in [-0.15, -0.1) is 0 Å². The molecule has 13 heavy (non-hydrogen) atoms. The van der Waals surface area contributed by atoms with Crippen LogP contribution in [0.3, 0.4) is 0 Å². The number of hydrogen-bond donors (Lipinski definition) is 0. The van der Waals surface area contributed by atoms with E-state index in [1.165, 1.54) is 11.3 Å². The first-order valence-corrected chi connectivity index (χ1v) is 4.82. The second kappa shape index (κ2) is 2.99. The van der Waals surface area contributed by atoms with E-state index in [0.717, 1.165) is 12.8 Å². The van der Waals surface area contributed by atoms with Gasteiger partial charge in [-0.3, -0.25) is 4.99 Å². The molecule has 1 aromatic rings. The van der Waals surface area contributed by atoms with Crippen LogP contribution in [0.2, 0.25) is 0 Å². The fourth-order valence-electron chi connectivity index (χ4n) is 1.96. The summed E-state index contributed by atoms with van der Waals surface area (Å²) in [6.45, 7) is 4.34. The molecule has 1 atom stereocenters. The maximum atomic E-state index is 4.71. The molecule has 1 heterocycles. The quantitative estimate of drug-likeness (QED) is 0.618. The molecule has 0 fully saturated rings. The molecular weight excluding hydrogens is 158 g/mol. The Labute approximate surface area is 79.5 Å². The SMILES string of the molecule is CC1=NC(C)(c2ccccc2)CC1. The largest absolute Gasteiger partial charge is 0.283 e. The molecule has 0 aliphatic carbocycles. The summed E-state index contributed by atoms with van der Waals surface area (Å²) in [4.78, 5) is 4.71. The molecule has 1 heteroatoms. The van der Waals surface area contributed by atoms with Gasteiger partial charge in [-0.05, 0) is 32.3 Å². The molecule has 0 radical (unpaired) electrons. The molecule has 68 valence electrons. The summed E-state index contributed by atoms with van der Waals surface area (Å²) < 4.78 is 0. The topological polar surface area (TPSA) is 12.4 Å². The third kappa shape index (κ3) is 1.51. The molecule has 1 aromatic carbocycles. The summed E-state index contributed by atoms with van der Waals surface area (Å²) in [5.41, 5.74) is 2.67. The van der Waals surface area contributed by atoms with E-state index >= 15 is 0 Å². The van der Waals surface area contributed by atoms with Crippen LogP contribution in [-0.2, 0) is 5.54 Å². The first-order valence-electron chi connectivity index (χ1n) is 4.82. The zero-order valence-electron chi connectivity index (χ0n) is 8.25. The smallest absolute Gasteiger partial charge is 0.0831 e. The fraction of sp³-hybridized carbons (Fsp3) is 0.417. The predicted octanol–water partition coefficient (Wildman–Crippen LogP) is 3.16. The number of rotatable bonds is 1. The second-order valence-corrected chi connectivity index (χ2v) is 3.99. The Bertz CT molecular complexity index is 326. The average molecular weight is 173 g/mol. The van der Waals surface area contributed by atoms with Gasteiger partial charge < -0.3 is 0 Å². The van der Waals surface area contributed by atoms with Crippen LogP contribution in [0.15, 0.2) is 35.3 Å². The summed E-state index contributed by atoms with van der Waals surface area (Å²) in [6.07, 6.45) is 2.30. The monoisotopic (exact) mass is 173 g/mol. The molecule has 2 rings (SSSR count). The first-order chi connectivity index (χ1) is 6.21. The van der Waals surface area contributed by atoms with Crippen LogP contribution in [0.4, 0.5) is 0 Å². The Morgan fingerprint density at radius 2 is 1.92 bits per heavy atom. The average Bonchev–Trinajstić information content (AvgIpc) is 2.49. The molecule has 0 saturated carbocycles. The Morgan fingerprint density at radius 1 is 1.23 bits per heavy atom. The number of benzene rings is 1. The minimum atomic E-state index is 0.0470. The van der Waals surface area contributed by atoms with E-state index in [-0.39, 0.29) is 5.54 Å². The van der Waals surface area contributed by atoms with Crippen LogP contribution in [0.25, 0.3) is 0 Å². The van der Waals surface area contributed by atoms with Crippen LogP contribution >= 0.6 is 0 Å². The van der Waals surface area contributed by atoms with E-state index in [0.29, 0.717) is 0 Å². The number of nitrogens with zero attached hydrogens (tertiary/aromatic N) is 1. The van der Waals surface area contributed by atoms with Crippen molar-refractivity contribution in [3.05, 3.63) is 35.9 Å². The van der Waals surface area contributed by atoms with Crippen LogP contribution in [0.1, 0.15) is 32.3 Å². The Balaban J connectivity index is 2.37. The van der Waals surface area contributed by atoms with Crippen LogP contribution in [0.5, 0.6) is 0 Å². The lowest BCUT2D eigenvalue weighted by Crippen LogP contribution is -2.14. The summed E-state index contributed by atoms with van der Waals surface area (Å²) in [5.74, 6) is 0. The molecule has 0 saturated heterocycles. The van der Waals surface area contributed by atoms with Gasteiger partial charge in [0.15, 0.2) is 0 Å². The molecule has 0 N–H and O–H groups in total. The Kier molecular flexibility index (Phi) is 1.95. The van der Waals surface area contributed by atoms with Crippen molar-refractivity contribution in [2.75, 3.05) is 0 Å². The molecule has 0 spiro atoms. The van der Waals surface area contributed by atoms with Crippen molar-refractivity contribution in [1.82, 2.24) is 0 Å². The molecular formula is C12H15N. The zero-order valence-corrected chi connectivity index (χ0v) is 8.25. The predicted molar refractivity (Wildman–Crippen MR) is 56.1 cm³/mol. The van der Waals surface area contributed by atoms with E-state index < -0.39 is 0 Å². The van der Waals surface area contributed by atoms with Gasteiger partial charge in [-0.2, -0.15) is 0 Å². The zero-order chi connectivity index (χ0) is 9.31. The van der Waals surface area contributed by atoms with Gasteiger partial charge in [-0.1, -0.05) is 30.3 Å². The summed E-state index contributed by atoms with van der Waals surface area (Å²) in [5, 5.41) is 0. The van der Waals surface area contributed by atoms with E-state index in [2.05, 4.69) is 44.2 Å². The highest BCUT2D eigenvalue weighted by molar-refractivity contribution is 5.84. The van der Waals surface area contributed by atoms with E-state index in [1.54, 1.807) is 0 Å². The van der Waals surface area contributed by atoms with Crippen molar-refractivity contribution in [1.29, 1.82) is 0 Å². The molecule has 0 aromatic heterocycles. The third-order valence-electron chi connectivity index (χ3n) is 2.81. The van der Waals surface area contributed by atoms with Crippen molar-refractivity contribution >= 4 is 5.71 Å². The first kappa shape index (κ1) is 8.49. The molecule has 1 unspecified atom stereocenters. The minimum Gasteiger partial charge on any atom is -0.283 e. The van der Waals surface area contributed by atoms with Crippen molar-refractivity contribution in [3.63, 3.8) is 0 Å². The summed E-state index contributed by atoms with van der Waals surface area (Å²) in [6, 6.07) is 10.6. The second-order valence-electron chi connectivity index (χ2n) is 3.99. The molecule has 0 amide bonds. The van der Waals surface area contributed by atoms with Crippen molar-refractivity contribution in [3.8, 4) is 0 Å². The molecule has 1 aliphatic rings. The van der Waals surface area contributed by atoms with Crippen LogP contribution in [-0.4, -0.2) is 5.71 Å². The minimum absolute atomic E-state index is 0.0470. The lowest BCUT2D eigenvalue weighted by atomic mass is 9.90. The lowest BCUT2D eigenvalue weighted by Gasteiger charge is -2.20. The molecule has 1 nitrogen and oxygen atoms in total. The Hall–Kier alpha value is -1.11. The maximum Gasteiger partial charge on any atom is 0.0831 e. The standard InChI is InChI=1S/C12H15N/c1-10-8-9-12(2,13-10)11-6-4-3-5-7-11/h3-7H,8-9H2,1-2H3. The Morgan fingerprint density at radius 3 is 2.46 bits per heavy atom. The normalized spacial score (nSPS) is 27.4. The van der Waals surface area contributed by atoms with Crippen molar-refractivity contribution in [2.45, 2.75) is 32.2 Å². The van der Waals surface area contributed by atoms with Gasteiger partial charge in [-0.25, -0.2) is 0 Å². The highest BCUT2D eigenvalue weighted by atomic mass is 14.9. The van der Waals surface area contributed by atoms with Gasteiger partial charge in [0.05, 0.1) is 5.54 Å². The van der Waals surface area contributed by atoms with Gasteiger partial charge in [0.1, 0.15) is 0 Å². The van der Waals surface area contributed by atoms with Crippen LogP contribution < -0.4 is 0 Å². The maximum absolute atomic E-state index is 4.71. The summed E-state index contributed by atoms with van der Waals surface area (Å²) in [7, 11) is 0. The van der Waals surface area contributed by atoms with Crippen molar-refractivity contribution < 1.29 is 0 Å². The lowest BCUT2D eigenvalue weighted by molar-refractivity contribution is 0.497. The van der Waals surface area contributed by atoms with E-state index in [1.807, 2.05) is 0 Å². The molecule has 0 bridgehead atoms.